The van der Waals surface area contributed by atoms with E-state index in [-0.39, 0.29) is 0 Å². The first-order chi connectivity index (χ1) is 6.02. The summed E-state index contributed by atoms with van der Waals surface area (Å²) in [7, 11) is -2.57. The zero-order valence-corrected chi connectivity index (χ0v) is 9.39. The van der Waals surface area contributed by atoms with Crippen molar-refractivity contribution in [3.05, 3.63) is 0 Å². The van der Waals surface area contributed by atoms with Crippen LogP contribution in [0.4, 0.5) is 0 Å². The van der Waals surface area contributed by atoms with E-state index in [0.717, 1.165) is 19.3 Å². The number of rotatable bonds is 3. The van der Waals surface area contributed by atoms with Crippen LogP contribution in [-0.4, -0.2) is 28.6 Å². The summed E-state index contributed by atoms with van der Waals surface area (Å²) >= 11 is 0. The van der Waals surface area contributed by atoms with E-state index < -0.39 is 13.1 Å². The van der Waals surface area contributed by atoms with Crippen molar-refractivity contribution in [1.82, 2.24) is 0 Å². The largest absolute Gasteiger partial charge is 0.353 e. The smallest absolute Gasteiger partial charge is 0.300 e. The maximum atomic E-state index is 10.2. The molecule has 0 radical (unpaired) electrons. The fourth-order valence-electron chi connectivity index (χ4n) is 1.90. The van der Waals surface area contributed by atoms with E-state index in [4.69, 9.17) is 4.52 Å². The molecule has 1 fully saturated rings. The second-order valence-corrected chi connectivity index (χ2v) is 6.69. The molecule has 13 heavy (non-hydrogen) atoms. The lowest BCUT2D eigenvalue weighted by Crippen LogP contribution is -2.34. The Bertz CT molecular complexity index is 164. The van der Waals surface area contributed by atoms with Gasteiger partial charge >= 0.3 is 0 Å². The molecule has 0 aromatic carbocycles. The highest BCUT2D eigenvalue weighted by atomic mass is 31.2. The van der Waals surface area contributed by atoms with Gasteiger partial charge in [-0.1, -0.05) is 6.42 Å². The van der Waals surface area contributed by atoms with Crippen LogP contribution in [0.3, 0.4) is 0 Å². The van der Waals surface area contributed by atoms with Gasteiger partial charge in [0, 0.05) is 12.8 Å². The van der Waals surface area contributed by atoms with E-state index in [0.29, 0.717) is 19.4 Å². The Kier molecular flexibility index (Phi) is 3.70. The Hall–Kier alpha value is 0.310. The third kappa shape index (κ3) is 2.41. The summed E-state index contributed by atoms with van der Waals surface area (Å²) in [5.41, 5.74) is 0. The maximum absolute atomic E-state index is 10.2. The molecule has 0 spiro atoms. The molecule has 0 aromatic heterocycles. The van der Waals surface area contributed by atoms with Crippen molar-refractivity contribution in [2.75, 3.05) is 13.3 Å². The van der Waals surface area contributed by atoms with Crippen molar-refractivity contribution in [3.63, 3.8) is 0 Å². The van der Waals surface area contributed by atoms with Gasteiger partial charge in [-0.3, -0.25) is 0 Å². The monoisotopic (exact) mass is 207 g/mol. The van der Waals surface area contributed by atoms with Gasteiger partial charge < -0.3 is 5.11 Å². The highest BCUT2D eigenvalue weighted by molar-refractivity contribution is 7.66. The fraction of sp³-hybridized carbons (Fsp3) is 1.00. The molecule has 1 saturated carbocycles. The van der Waals surface area contributed by atoms with Crippen LogP contribution in [0, 0.1) is 0 Å². The molecule has 0 aromatic rings. The molecule has 0 saturated heterocycles. The van der Waals surface area contributed by atoms with Crippen LogP contribution in [0.2, 0.25) is 0 Å². The highest BCUT2D eigenvalue weighted by Crippen LogP contribution is 2.66. The van der Waals surface area contributed by atoms with Crippen molar-refractivity contribution in [2.45, 2.75) is 44.4 Å². The fourth-order valence-corrected chi connectivity index (χ4v) is 3.79. The Labute approximate surface area is 80.6 Å². The van der Waals surface area contributed by atoms with Gasteiger partial charge in [0.05, 0.1) is 6.61 Å². The molecule has 0 aliphatic heterocycles. The van der Waals surface area contributed by atoms with E-state index >= 15 is 0 Å². The van der Waals surface area contributed by atoms with Gasteiger partial charge in [-0.15, -0.1) is 0 Å². The van der Waals surface area contributed by atoms with Crippen LogP contribution in [0.15, 0.2) is 0 Å². The molecule has 0 amide bonds. The van der Waals surface area contributed by atoms with Crippen LogP contribution < -0.4 is 0 Å². The average molecular weight is 207 g/mol. The van der Waals surface area contributed by atoms with Crippen LogP contribution in [0.5, 0.6) is 0 Å². The summed E-state index contributed by atoms with van der Waals surface area (Å²) < 4.78 is 5.29. The van der Waals surface area contributed by atoms with Crippen LogP contribution in [-0.2, 0) is 4.52 Å². The van der Waals surface area contributed by atoms with Crippen LogP contribution in [0.25, 0.3) is 0 Å². The maximum Gasteiger partial charge on any atom is 0.300 e. The Balaban J connectivity index is 2.64. The number of hydrogen-bond donors (Lipinski definition) is 2. The molecule has 2 N–H and O–H groups in total. The van der Waals surface area contributed by atoms with E-state index in [1.807, 2.05) is 6.92 Å². The van der Waals surface area contributed by atoms with Crippen molar-refractivity contribution in [2.24, 2.45) is 0 Å². The molecule has 1 aliphatic carbocycles. The lowest BCUT2D eigenvalue weighted by molar-refractivity contribution is 0.0559. The third-order valence-electron chi connectivity index (χ3n) is 2.81. The SMILES string of the molecule is CCO[P+](C)(O)C1(O)CCCCC1. The molecule has 1 rings (SSSR count). The van der Waals surface area contributed by atoms with Crippen molar-refractivity contribution >= 4 is 7.72 Å². The van der Waals surface area contributed by atoms with Gasteiger partial charge in [0.2, 0.25) is 5.34 Å². The van der Waals surface area contributed by atoms with Crippen molar-refractivity contribution in [3.8, 4) is 0 Å². The summed E-state index contributed by atoms with van der Waals surface area (Å²) in [6, 6.07) is 0. The van der Waals surface area contributed by atoms with E-state index in [1.54, 1.807) is 6.66 Å². The topological polar surface area (TPSA) is 49.7 Å². The zero-order chi connectivity index (χ0) is 9.95. The molecule has 1 unspecified atom stereocenters. The van der Waals surface area contributed by atoms with Gasteiger partial charge in [-0.05, 0) is 19.8 Å². The molecule has 0 heterocycles. The second-order valence-electron chi connectivity index (χ2n) is 3.84. The predicted molar refractivity (Wildman–Crippen MR) is 54.7 cm³/mol. The zero-order valence-electron chi connectivity index (χ0n) is 8.49. The van der Waals surface area contributed by atoms with Crippen molar-refractivity contribution < 1.29 is 14.5 Å². The number of aliphatic hydroxyl groups is 1. The normalized spacial score (nSPS) is 26.8. The Morgan fingerprint density at radius 3 is 2.31 bits per heavy atom. The third-order valence-corrected chi connectivity index (χ3v) is 5.56. The molecule has 4 heteroatoms. The predicted octanol–water partition coefficient (Wildman–Crippen LogP) is 2.15. The summed E-state index contributed by atoms with van der Waals surface area (Å²) in [4.78, 5) is 10.0. The molecule has 78 valence electrons. The minimum absolute atomic E-state index is 0.475. The van der Waals surface area contributed by atoms with Gasteiger partial charge in [-0.25, -0.2) is 9.42 Å². The quantitative estimate of drug-likeness (QED) is 0.697. The standard InChI is InChI=1S/C9H20O3P/c1-3-12-13(2,11)9(10)7-5-4-6-8-9/h10-11H,3-8H2,1-2H3/q+1. The minimum Gasteiger partial charge on any atom is -0.353 e. The van der Waals surface area contributed by atoms with Gasteiger partial charge in [0.25, 0.3) is 7.72 Å². The van der Waals surface area contributed by atoms with Crippen molar-refractivity contribution in [1.29, 1.82) is 0 Å². The molecular formula is C9H20O3P+. The summed E-state index contributed by atoms with van der Waals surface area (Å²) in [6.07, 6.45) is 4.54. The molecular weight excluding hydrogens is 187 g/mol. The first kappa shape index (κ1) is 11.4. The van der Waals surface area contributed by atoms with Gasteiger partial charge in [-0.2, -0.15) is 0 Å². The average Bonchev–Trinajstić information content (AvgIpc) is 2.05. The molecule has 1 aliphatic rings. The Morgan fingerprint density at radius 1 is 1.31 bits per heavy atom. The van der Waals surface area contributed by atoms with Crippen LogP contribution in [0.1, 0.15) is 39.0 Å². The Morgan fingerprint density at radius 2 is 1.85 bits per heavy atom. The second kappa shape index (κ2) is 4.22. The van der Waals surface area contributed by atoms with E-state index in [9.17, 15) is 10.00 Å². The van der Waals surface area contributed by atoms with E-state index in [1.165, 1.54) is 0 Å². The summed E-state index contributed by atoms with van der Waals surface area (Å²) in [5, 5.41) is 9.28. The summed E-state index contributed by atoms with van der Waals surface area (Å²) in [6.45, 7) is 3.99. The van der Waals surface area contributed by atoms with E-state index in [2.05, 4.69) is 0 Å². The highest BCUT2D eigenvalue weighted by Gasteiger charge is 2.55. The molecule has 3 nitrogen and oxygen atoms in total. The van der Waals surface area contributed by atoms with Crippen LogP contribution >= 0.6 is 7.72 Å². The summed E-state index contributed by atoms with van der Waals surface area (Å²) in [5.74, 6) is 0. The lowest BCUT2D eigenvalue weighted by atomic mass is 9.97. The number of hydrogen-bond acceptors (Lipinski definition) is 3. The molecule has 1 atom stereocenters. The molecule has 0 bridgehead atoms. The minimum atomic E-state index is -2.57. The first-order valence-electron chi connectivity index (χ1n) is 4.98. The van der Waals surface area contributed by atoms with Gasteiger partial charge in [0.1, 0.15) is 6.66 Å². The van der Waals surface area contributed by atoms with Gasteiger partial charge in [0.15, 0.2) is 0 Å². The lowest BCUT2D eigenvalue weighted by Gasteiger charge is -2.34. The first-order valence-corrected chi connectivity index (χ1v) is 7.09.